The summed E-state index contributed by atoms with van der Waals surface area (Å²) >= 11 is 9.34. The van der Waals surface area contributed by atoms with Crippen LogP contribution in [-0.2, 0) is 14.8 Å². The first kappa shape index (κ1) is 25.5. The van der Waals surface area contributed by atoms with Crippen molar-refractivity contribution in [2.45, 2.75) is 4.90 Å². The lowest BCUT2D eigenvalue weighted by Gasteiger charge is -2.23. The molecule has 34 heavy (non-hydrogen) atoms. The molecule has 0 aliphatic carbocycles. The van der Waals surface area contributed by atoms with Crippen LogP contribution in [0.4, 0.5) is 5.69 Å². The molecule has 0 aliphatic rings. The largest absolute Gasteiger partial charge is 0.493 e. The summed E-state index contributed by atoms with van der Waals surface area (Å²) in [5, 5.41) is 4.39. The number of carbonyl (C=O) groups is 1. The summed E-state index contributed by atoms with van der Waals surface area (Å²) in [4.78, 5) is 12.7. The van der Waals surface area contributed by atoms with Gasteiger partial charge in [0.2, 0.25) is 0 Å². The second-order valence-corrected chi connectivity index (χ2v) is 9.99. The number of nitrogens with zero attached hydrogens (tertiary/aromatic N) is 2. The van der Waals surface area contributed by atoms with Crippen molar-refractivity contribution in [3.8, 4) is 11.5 Å². The number of nitrogens with one attached hydrogen (secondary N) is 1. The molecule has 0 heterocycles. The molecule has 0 radical (unpaired) electrons. The predicted octanol–water partition coefficient (Wildman–Crippen LogP) is 4.47. The minimum Gasteiger partial charge on any atom is -0.493 e. The van der Waals surface area contributed by atoms with Gasteiger partial charge < -0.3 is 9.47 Å². The maximum absolute atomic E-state index is 13.3. The van der Waals surface area contributed by atoms with E-state index in [4.69, 9.17) is 21.1 Å². The number of amides is 1. The second-order valence-electron chi connectivity index (χ2n) is 6.83. The lowest BCUT2D eigenvalue weighted by Crippen LogP contribution is -2.39. The average molecular weight is 567 g/mol. The molecule has 0 atom stereocenters. The maximum Gasteiger partial charge on any atom is 0.264 e. The van der Waals surface area contributed by atoms with Gasteiger partial charge >= 0.3 is 0 Å². The molecule has 0 fully saturated rings. The van der Waals surface area contributed by atoms with Crippen molar-refractivity contribution in [3.05, 3.63) is 81.8 Å². The van der Waals surface area contributed by atoms with E-state index in [-0.39, 0.29) is 10.6 Å². The molecule has 3 aromatic rings. The quantitative estimate of drug-likeness (QED) is 0.305. The first-order valence-corrected chi connectivity index (χ1v) is 12.4. The van der Waals surface area contributed by atoms with Gasteiger partial charge in [0, 0.05) is 5.02 Å². The summed E-state index contributed by atoms with van der Waals surface area (Å²) in [6.45, 7) is -0.494. The smallest absolute Gasteiger partial charge is 0.264 e. The maximum atomic E-state index is 13.3. The number of hydrogen-bond acceptors (Lipinski definition) is 6. The van der Waals surface area contributed by atoms with Crippen LogP contribution in [0, 0.1) is 0 Å². The van der Waals surface area contributed by atoms with Crippen molar-refractivity contribution in [2.75, 3.05) is 25.1 Å². The fraction of sp³-hybridized carbons (Fsp3) is 0.130. The van der Waals surface area contributed by atoms with Crippen molar-refractivity contribution >= 4 is 55.4 Å². The highest BCUT2D eigenvalue weighted by Crippen LogP contribution is 2.35. The van der Waals surface area contributed by atoms with Gasteiger partial charge in [-0.25, -0.2) is 13.8 Å². The number of hydrogen-bond donors (Lipinski definition) is 1. The lowest BCUT2D eigenvalue weighted by atomic mass is 10.2. The summed E-state index contributed by atoms with van der Waals surface area (Å²) in [5.41, 5.74) is 3.27. The molecule has 178 valence electrons. The Labute approximate surface area is 211 Å². The van der Waals surface area contributed by atoms with Crippen molar-refractivity contribution in [1.82, 2.24) is 5.43 Å². The van der Waals surface area contributed by atoms with Crippen LogP contribution in [0.15, 0.2) is 81.2 Å². The third-order valence-electron chi connectivity index (χ3n) is 4.59. The highest BCUT2D eigenvalue weighted by molar-refractivity contribution is 9.10. The molecule has 1 N–H and O–H groups in total. The fourth-order valence-electron chi connectivity index (χ4n) is 3.00. The standard InChI is InChI=1S/C23H21BrClN3O5S/c1-32-21-13-16(12-20(24)23(21)33-2)14-26-27-22(29)15-28(18-10-8-17(25)9-11-18)34(30,31)19-6-4-3-5-7-19/h3-14H,15H2,1-2H3,(H,27,29)/b26-14-. The van der Waals surface area contributed by atoms with Crippen LogP contribution in [0.25, 0.3) is 0 Å². The molecule has 0 saturated heterocycles. The highest BCUT2D eigenvalue weighted by atomic mass is 79.9. The number of halogens is 2. The number of rotatable bonds is 9. The Morgan fingerprint density at radius 2 is 1.76 bits per heavy atom. The van der Waals surface area contributed by atoms with Crippen molar-refractivity contribution in [1.29, 1.82) is 0 Å². The molecule has 8 nitrogen and oxygen atoms in total. The number of anilines is 1. The van der Waals surface area contributed by atoms with Crippen LogP contribution < -0.4 is 19.2 Å². The zero-order chi connectivity index (χ0) is 24.7. The van der Waals surface area contributed by atoms with Gasteiger partial charge in [0.1, 0.15) is 6.54 Å². The Hall–Kier alpha value is -3.08. The van der Waals surface area contributed by atoms with Gasteiger partial charge in [-0.15, -0.1) is 0 Å². The average Bonchev–Trinajstić information content (AvgIpc) is 2.83. The Kier molecular flexibility index (Phi) is 8.54. The van der Waals surface area contributed by atoms with Crippen molar-refractivity contribution in [3.63, 3.8) is 0 Å². The minimum absolute atomic E-state index is 0.0522. The fourth-order valence-corrected chi connectivity index (χ4v) is 5.19. The second kappa shape index (κ2) is 11.4. The number of ether oxygens (including phenoxy) is 2. The normalized spacial score (nSPS) is 11.3. The van der Waals surface area contributed by atoms with Crippen LogP contribution in [0.1, 0.15) is 5.56 Å². The van der Waals surface area contributed by atoms with Crippen LogP contribution in [-0.4, -0.2) is 41.3 Å². The molecule has 11 heteroatoms. The van der Waals surface area contributed by atoms with E-state index in [0.717, 1.165) is 4.31 Å². The minimum atomic E-state index is -4.02. The molecule has 0 bridgehead atoms. The van der Waals surface area contributed by atoms with Gasteiger partial charge in [-0.05, 0) is 70.0 Å². The summed E-state index contributed by atoms with van der Waals surface area (Å²) in [7, 11) is -0.995. The predicted molar refractivity (Wildman–Crippen MR) is 135 cm³/mol. The molecule has 3 rings (SSSR count). The van der Waals surface area contributed by atoms with E-state index in [9.17, 15) is 13.2 Å². The Bertz CT molecular complexity index is 1290. The molecular weight excluding hydrogens is 546 g/mol. The van der Waals surface area contributed by atoms with Crippen LogP contribution in [0.2, 0.25) is 5.02 Å². The topological polar surface area (TPSA) is 97.3 Å². The van der Waals surface area contributed by atoms with E-state index in [1.54, 1.807) is 42.5 Å². The van der Waals surface area contributed by atoms with Gasteiger partial charge in [0.05, 0.1) is 35.5 Å². The van der Waals surface area contributed by atoms with E-state index < -0.39 is 22.5 Å². The SMILES string of the molecule is COc1cc(/C=N\NC(=O)CN(c2ccc(Cl)cc2)S(=O)(=O)c2ccccc2)cc(Br)c1OC. The summed E-state index contributed by atoms with van der Waals surface area (Å²) in [5.74, 6) is 0.367. The van der Waals surface area contributed by atoms with E-state index in [2.05, 4.69) is 26.5 Å². The highest BCUT2D eigenvalue weighted by Gasteiger charge is 2.27. The third kappa shape index (κ3) is 6.07. The van der Waals surface area contributed by atoms with Gasteiger partial charge in [-0.3, -0.25) is 9.10 Å². The van der Waals surface area contributed by atoms with Gasteiger partial charge in [0.25, 0.3) is 15.9 Å². The first-order valence-electron chi connectivity index (χ1n) is 9.83. The third-order valence-corrected chi connectivity index (χ3v) is 7.22. The summed E-state index contributed by atoms with van der Waals surface area (Å²) < 4.78 is 38.7. The number of benzene rings is 3. The van der Waals surface area contributed by atoms with E-state index in [1.165, 1.54) is 44.7 Å². The molecule has 3 aromatic carbocycles. The van der Waals surface area contributed by atoms with Crippen LogP contribution in [0.3, 0.4) is 0 Å². The summed E-state index contributed by atoms with van der Waals surface area (Å²) in [6, 6.07) is 17.4. The zero-order valence-corrected chi connectivity index (χ0v) is 21.4. The van der Waals surface area contributed by atoms with E-state index in [0.29, 0.717) is 26.6 Å². The molecule has 0 unspecified atom stereocenters. The number of carbonyl (C=O) groups excluding carboxylic acids is 1. The molecule has 1 amide bonds. The number of sulfonamides is 1. The Balaban J connectivity index is 1.81. The van der Waals surface area contributed by atoms with E-state index in [1.807, 2.05) is 0 Å². The summed E-state index contributed by atoms with van der Waals surface area (Å²) in [6.07, 6.45) is 1.41. The molecule has 0 saturated carbocycles. The molecule has 0 spiro atoms. The van der Waals surface area contributed by atoms with E-state index >= 15 is 0 Å². The number of methoxy groups -OCH3 is 2. The lowest BCUT2D eigenvalue weighted by molar-refractivity contribution is -0.119. The Morgan fingerprint density at radius 1 is 1.09 bits per heavy atom. The van der Waals surface area contributed by atoms with Gasteiger partial charge in [0.15, 0.2) is 11.5 Å². The van der Waals surface area contributed by atoms with Gasteiger partial charge in [-0.1, -0.05) is 29.8 Å². The van der Waals surface area contributed by atoms with Crippen molar-refractivity contribution in [2.24, 2.45) is 5.10 Å². The van der Waals surface area contributed by atoms with Gasteiger partial charge in [-0.2, -0.15) is 5.10 Å². The van der Waals surface area contributed by atoms with Crippen LogP contribution in [0.5, 0.6) is 11.5 Å². The zero-order valence-electron chi connectivity index (χ0n) is 18.2. The molecule has 0 aromatic heterocycles. The Morgan fingerprint density at radius 3 is 2.38 bits per heavy atom. The molecule has 0 aliphatic heterocycles. The molecular formula is C23H21BrClN3O5S. The van der Waals surface area contributed by atoms with Crippen LogP contribution >= 0.6 is 27.5 Å². The monoisotopic (exact) mass is 565 g/mol. The number of hydrazone groups is 1. The first-order chi connectivity index (χ1) is 16.3. The van der Waals surface area contributed by atoms with Crippen molar-refractivity contribution < 1.29 is 22.7 Å².